The van der Waals surface area contributed by atoms with Gasteiger partial charge in [0.25, 0.3) is 5.56 Å². The molecule has 4 rings (SSSR count). The summed E-state index contributed by atoms with van der Waals surface area (Å²) >= 11 is 1.46. The first-order valence-corrected chi connectivity index (χ1v) is 10.1. The zero-order valence-corrected chi connectivity index (χ0v) is 16.3. The van der Waals surface area contributed by atoms with Crippen LogP contribution < -0.4 is 5.56 Å². The largest absolute Gasteiger partial charge is 0.341 e. The molecule has 27 heavy (non-hydrogen) atoms. The number of hydrogen-bond donors (Lipinski definition) is 0. The molecule has 0 aliphatic carbocycles. The smallest absolute Gasteiger partial charge is 0.294 e. The number of aryl methyl sites for hydroxylation is 1. The first-order chi connectivity index (χ1) is 13.0. The molecule has 1 aliphatic heterocycles. The Kier molecular flexibility index (Phi) is 4.78. The van der Waals surface area contributed by atoms with Crippen molar-refractivity contribution in [2.45, 2.75) is 33.2 Å². The summed E-state index contributed by atoms with van der Waals surface area (Å²) in [5.41, 5.74) is 1.80. The highest BCUT2D eigenvalue weighted by molar-refractivity contribution is 7.21. The third kappa shape index (κ3) is 3.51. The van der Waals surface area contributed by atoms with Gasteiger partial charge in [-0.15, -0.1) is 11.3 Å². The maximum absolute atomic E-state index is 12.9. The van der Waals surface area contributed by atoms with Gasteiger partial charge in [0.1, 0.15) is 11.6 Å². The van der Waals surface area contributed by atoms with Crippen LogP contribution in [0.25, 0.3) is 20.8 Å². The average Bonchev–Trinajstić information content (AvgIpc) is 3.13. The third-order valence-corrected chi connectivity index (χ3v) is 6.19. The lowest BCUT2D eigenvalue weighted by Gasteiger charge is -2.30. The Bertz CT molecular complexity index is 1040. The average molecular weight is 382 g/mol. The highest BCUT2D eigenvalue weighted by Crippen LogP contribution is 2.29. The van der Waals surface area contributed by atoms with Gasteiger partial charge in [0.15, 0.2) is 5.52 Å². The summed E-state index contributed by atoms with van der Waals surface area (Å²) in [5, 5.41) is 5.18. The van der Waals surface area contributed by atoms with Crippen molar-refractivity contribution >= 4 is 27.5 Å². The highest BCUT2D eigenvalue weighted by Gasteiger charge is 2.23. The lowest BCUT2D eigenvalue weighted by molar-refractivity contribution is -0.133. The van der Waals surface area contributed by atoms with Crippen molar-refractivity contribution in [2.24, 2.45) is 5.92 Å². The van der Waals surface area contributed by atoms with Crippen LogP contribution in [0.15, 0.2) is 35.1 Å². The number of benzene rings is 1. The van der Waals surface area contributed by atoms with Gasteiger partial charge in [0.05, 0.1) is 10.4 Å². The molecule has 1 aliphatic rings. The molecule has 0 bridgehead atoms. The van der Waals surface area contributed by atoms with E-state index in [4.69, 9.17) is 0 Å². The molecule has 1 amide bonds. The number of likely N-dealkylation sites (tertiary alicyclic amines) is 1. The summed E-state index contributed by atoms with van der Waals surface area (Å²) < 4.78 is 2.06. The van der Waals surface area contributed by atoms with E-state index in [1.807, 2.05) is 42.2 Å². The number of piperidine rings is 1. The molecule has 2 aromatic heterocycles. The second kappa shape index (κ2) is 7.23. The molecule has 1 saturated heterocycles. The summed E-state index contributed by atoms with van der Waals surface area (Å²) in [6, 6.07) is 9.79. The van der Waals surface area contributed by atoms with Crippen molar-refractivity contribution in [3.05, 3.63) is 46.4 Å². The summed E-state index contributed by atoms with van der Waals surface area (Å²) in [4.78, 5) is 31.9. The molecule has 0 spiro atoms. The lowest BCUT2D eigenvalue weighted by atomic mass is 10.0. The number of amides is 1. The van der Waals surface area contributed by atoms with Crippen molar-refractivity contribution < 1.29 is 4.79 Å². The number of aromatic nitrogens is 3. The van der Waals surface area contributed by atoms with Crippen molar-refractivity contribution in [2.75, 3.05) is 13.1 Å². The maximum atomic E-state index is 12.9. The molecule has 1 aromatic carbocycles. The van der Waals surface area contributed by atoms with Gasteiger partial charge in [0, 0.05) is 18.7 Å². The predicted octanol–water partition coefficient (Wildman–Crippen LogP) is 3.09. The molecule has 1 fully saturated rings. The molecular weight excluding hydrogens is 360 g/mol. The lowest BCUT2D eigenvalue weighted by Crippen LogP contribution is -2.42. The molecule has 1 unspecified atom stereocenters. The van der Waals surface area contributed by atoms with E-state index in [2.05, 4.69) is 17.0 Å². The second-order valence-electron chi connectivity index (χ2n) is 7.20. The molecule has 140 valence electrons. The van der Waals surface area contributed by atoms with Crippen LogP contribution in [-0.4, -0.2) is 38.7 Å². The van der Waals surface area contributed by atoms with Crippen LogP contribution in [0.5, 0.6) is 0 Å². The molecule has 0 saturated carbocycles. The van der Waals surface area contributed by atoms with E-state index in [0.29, 0.717) is 11.4 Å². The number of carbonyl (C=O) groups is 1. The van der Waals surface area contributed by atoms with Gasteiger partial charge in [-0.3, -0.25) is 9.59 Å². The maximum Gasteiger partial charge on any atom is 0.294 e. The Hall–Kier alpha value is -2.54. The van der Waals surface area contributed by atoms with Crippen LogP contribution in [0.1, 0.15) is 25.5 Å². The number of nitrogens with zero attached hydrogens (tertiary/aromatic N) is 4. The van der Waals surface area contributed by atoms with Crippen LogP contribution in [0.3, 0.4) is 0 Å². The molecular formula is C20H22N4O2S. The Morgan fingerprint density at radius 3 is 2.81 bits per heavy atom. The van der Waals surface area contributed by atoms with Crippen LogP contribution in [0, 0.1) is 12.8 Å². The first-order valence-electron chi connectivity index (χ1n) is 9.24. The van der Waals surface area contributed by atoms with Gasteiger partial charge in [-0.05, 0) is 25.7 Å². The number of rotatable bonds is 3. The van der Waals surface area contributed by atoms with Crippen molar-refractivity contribution in [3.63, 3.8) is 0 Å². The van der Waals surface area contributed by atoms with Crippen molar-refractivity contribution in [3.8, 4) is 10.6 Å². The second-order valence-corrected chi connectivity index (χ2v) is 8.20. The monoisotopic (exact) mass is 382 g/mol. The van der Waals surface area contributed by atoms with E-state index < -0.39 is 0 Å². The molecule has 0 N–H and O–H groups in total. The summed E-state index contributed by atoms with van der Waals surface area (Å²) in [6.07, 6.45) is 2.16. The van der Waals surface area contributed by atoms with Crippen LogP contribution in [-0.2, 0) is 11.3 Å². The molecule has 6 nitrogen and oxygen atoms in total. The van der Waals surface area contributed by atoms with Gasteiger partial charge >= 0.3 is 0 Å². The number of hydrogen-bond acceptors (Lipinski definition) is 5. The molecule has 3 heterocycles. The van der Waals surface area contributed by atoms with E-state index in [-0.39, 0.29) is 18.0 Å². The van der Waals surface area contributed by atoms with Crippen LogP contribution in [0.2, 0.25) is 0 Å². The van der Waals surface area contributed by atoms with E-state index in [1.165, 1.54) is 16.0 Å². The summed E-state index contributed by atoms with van der Waals surface area (Å²) in [6.45, 7) is 5.50. The number of fused-ring (bicyclic) bond motifs is 1. The fourth-order valence-corrected chi connectivity index (χ4v) is 4.56. The van der Waals surface area contributed by atoms with Gasteiger partial charge in [0.2, 0.25) is 5.91 Å². The van der Waals surface area contributed by atoms with Gasteiger partial charge in [-0.25, -0.2) is 9.67 Å². The number of thiazole rings is 1. The minimum atomic E-state index is -0.299. The van der Waals surface area contributed by atoms with Gasteiger partial charge < -0.3 is 4.90 Å². The molecule has 7 heteroatoms. The Morgan fingerprint density at radius 1 is 1.30 bits per heavy atom. The van der Waals surface area contributed by atoms with E-state index in [0.717, 1.165) is 46.9 Å². The van der Waals surface area contributed by atoms with Crippen LogP contribution >= 0.6 is 11.3 Å². The SMILES string of the molecule is Cc1nn(CC(=O)N2CCCC(C)C2)c(=O)c2nc(-c3ccccc3)sc12. The highest BCUT2D eigenvalue weighted by atomic mass is 32.1. The van der Waals surface area contributed by atoms with Crippen molar-refractivity contribution in [1.82, 2.24) is 19.7 Å². The topological polar surface area (TPSA) is 68.1 Å². The first kappa shape index (κ1) is 17.9. The standard InChI is InChI=1S/C20H22N4O2S/c1-13-7-6-10-23(11-13)16(25)12-24-20(26)17-18(14(2)22-24)27-19(21-17)15-8-4-3-5-9-15/h3-5,8-9,13H,6-7,10-12H2,1-2H3. The Morgan fingerprint density at radius 2 is 2.07 bits per heavy atom. The number of carbonyl (C=O) groups excluding carboxylic acids is 1. The predicted molar refractivity (Wildman–Crippen MR) is 107 cm³/mol. The molecule has 3 aromatic rings. The van der Waals surface area contributed by atoms with Crippen molar-refractivity contribution in [1.29, 1.82) is 0 Å². The minimum absolute atomic E-state index is 0.0273. The quantitative estimate of drug-likeness (QED) is 0.698. The van der Waals surface area contributed by atoms with Gasteiger partial charge in [-0.2, -0.15) is 5.10 Å². The molecule has 1 atom stereocenters. The van der Waals surface area contributed by atoms with Crippen LogP contribution in [0.4, 0.5) is 0 Å². The molecule has 0 radical (unpaired) electrons. The zero-order valence-electron chi connectivity index (χ0n) is 15.5. The Balaban J connectivity index is 1.67. The van der Waals surface area contributed by atoms with E-state index >= 15 is 0 Å². The van der Waals surface area contributed by atoms with Gasteiger partial charge in [-0.1, -0.05) is 37.3 Å². The third-order valence-electron chi connectivity index (χ3n) is 4.98. The fraction of sp³-hybridized carbons (Fsp3) is 0.400. The summed E-state index contributed by atoms with van der Waals surface area (Å²) in [7, 11) is 0. The zero-order chi connectivity index (χ0) is 19.0. The fourth-order valence-electron chi connectivity index (χ4n) is 3.56. The Labute approximate surface area is 161 Å². The normalized spacial score (nSPS) is 17.4. The van der Waals surface area contributed by atoms with E-state index in [1.54, 1.807) is 0 Å². The van der Waals surface area contributed by atoms with E-state index in [9.17, 15) is 9.59 Å². The minimum Gasteiger partial charge on any atom is -0.341 e. The summed E-state index contributed by atoms with van der Waals surface area (Å²) in [5.74, 6) is 0.456.